The normalized spacial score (nSPS) is 19.0. The molecule has 1 atom stereocenters. The summed E-state index contributed by atoms with van der Waals surface area (Å²) in [6, 6.07) is 11.5. The van der Waals surface area contributed by atoms with Crippen LogP contribution in [0.3, 0.4) is 0 Å². The maximum absolute atomic E-state index is 12.8. The van der Waals surface area contributed by atoms with Gasteiger partial charge in [-0.15, -0.1) is 0 Å². The maximum atomic E-state index is 12.8. The van der Waals surface area contributed by atoms with Crippen molar-refractivity contribution in [2.45, 2.75) is 32.0 Å². The molecule has 2 N–H and O–H groups in total. The number of hydrogen-bond acceptors (Lipinski definition) is 5. The van der Waals surface area contributed by atoms with E-state index in [0.717, 1.165) is 5.56 Å². The Morgan fingerprint density at radius 1 is 1.15 bits per heavy atom. The summed E-state index contributed by atoms with van der Waals surface area (Å²) in [6.07, 6.45) is 0.562. The van der Waals surface area contributed by atoms with Crippen LogP contribution in [0.1, 0.15) is 34.3 Å². The molecule has 0 radical (unpaired) electrons. The van der Waals surface area contributed by atoms with Crippen molar-refractivity contribution in [2.24, 2.45) is 0 Å². The van der Waals surface area contributed by atoms with Crippen LogP contribution in [0.25, 0.3) is 0 Å². The van der Waals surface area contributed by atoms with E-state index in [1.165, 1.54) is 4.90 Å². The highest BCUT2D eigenvalue weighted by Gasteiger charge is 2.39. The van der Waals surface area contributed by atoms with Crippen molar-refractivity contribution < 1.29 is 24.2 Å². The number of carbonyl (C=O) groups is 3. The largest absolute Gasteiger partial charge is 0.508 e. The van der Waals surface area contributed by atoms with Crippen LogP contribution in [0.4, 0.5) is 0 Å². The highest BCUT2D eigenvalue weighted by Crippen LogP contribution is 2.30. The summed E-state index contributed by atoms with van der Waals surface area (Å²) in [5, 5.41) is 12.1. The van der Waals surface area contributed by atoms with E-state index in [4.69, 9.17) is 4.74 Å². The maximum Gasteiger partial charge on any atom is 0.255 e. The zero-order chi connectivity index (χ0) is 19.0. The lowest BCUT2D eigenvalue weighted by Crippen LogP contribution is -2.52. The van der Waals surface area contributed by atoms with E-state index in [2.05, 4.69) is 5.32 Å². The summed E-state index contributed by atoms with van der Waals surface area (Å²) in [6.45, 7) is 0.511. The quantitative estimate of drug-likeness (QED) is 0.804. The van der Waals surface area contributed by atoms with Gasteiger partial charge in [0.25, 0.3) is 5.91 Å². The van der Waals surface area contributed by atoms with E-state index in [1.54, 1.807) is 36.4 Å². The molecular formula is C20H18N2O5. The molecule has 2 aromatic carbocycles. The number of hydrogen-bond donors (Lipinski definition) is 2. The number of nitrogens with zero attached hydrogens (tertiary/aromatic N) is 1. The van der Waals surface area contributed by atoms with Gasteiger partial charge in [0.1, 0.15) is 24.1 Å². The molecule has 2 aliphatic rings. The minimum Gasteiger partial charge on any atom is -0.508 e. The van der Waals surface area contributed by atoms with E-state index >= 15 is 0 Å². The first kappa shape index (κ1) is 17.1. The van der Waals surface area contributed by atoms with Gasteiger partial charge in [0.15, 0.2) is 0 Å². The van der Waals surface area contributed by atoms with Gasteiger partial charge in [-0.05, 0) is 30.2 Å². The standard InChI is InChI=1S/C20H18N2O5/c23-17-4-2-1-3-13(17)11-27-14-6-5-12-10-22(20(26)15(12)9-14)16-7-8-18(24)21-19(16)25/h1-6,9,16,23H,7-8,10-11H2,(H,21,24,25). The second-order valence-electron chi connectivity index (χ2n) is 6.64. The van der Waals surface area contributed by atoms with Gasteiger partial charge in [-0.25, -0.2) is 0 Å². The minimum absolute atomic E-state index is 0.152. The number of piperidine rings is 1. The zero-order valence-corrected chi connectivity index (χ0v) is 14.5. The molecule has 0 aliphatic carbocycles. The van der Waals surface area contributed by atoms with Crippen LogP contribution in [0.5, 0.6) is 11.5 Å². The first-order valence-electron chi connectivity index (χ1n) is 8.70. The summed E-state index contributed by atoms with van der Waals surface area (Å²) < 4.78 is 5.71. The monoisotopic (exact) mass is 366 g/mol. The molecule has 1 fully saturated rings. The van der Waals surface area contributed by atoms with Gasteiger partial charge in [0.05, 0.1) is 0 Å². The number of benzene rings is 2. The van der Waals surface area contributed by atoms with Gasteiger partial charge in [-0.3, -0.25) is 19.7 Å². The molecule has 7 nitrogen and oxygen atoms in total. The van der Waals surface area contributed by atoms with Crippen LogP contribution >= 0.6 is 0 Å². The fourth-order valence-electron chi connectivity index (χ4n) is 3.42. The average molecular weight is 366 g/mol. The predicted molar refractivity (Wildman–Crippen MR) is 94.9 cm³/mol. The Morgan fingerprint density at radius 3 is 2.74 bits per heavy atom. The van der Waals surface area contributed by atoms with Crippen molar-refractivity contribution in [3.63, 3.8) is 0 Å². The molecular weight excluding hydrogens is 348 g/mol. The topological polar surface area (TPSA) is 95.9 Å². The molecule has 2 aliphatic heterocycles. The van der Waals surface area contributed by atoms with Crippen molar-refractivity contribution >= 4 is 17.7 Å². The lowest BCUT2D eigenvalue weighted by molar-refractivity contribution is -0.136. The van der Waals surface area contributed by atoms with E-state index in [0.29, 0.717) is 29.8 Å². The van der Waals surface area contributed by atoms with Crippen molar-refractivity contribution in [1.82, 2.24) is 10.2 Å². The molecule has 2 heterocycles. The Bertz CT molecular complexity index is 940. The molecule has 1 unspecified atom stereocenters. The number of fused-ring (bicyclic) bond motifs is 1. The van der Waals surface area contributed by atoms with Gasteiger partial charge < -0.3 is 14.7 Å². The van der Waals surface area contributed by atoms with Crippen molar-refractivity contribution in [2.75, 3.05) is 0 Å². The molecule has 7 heteroatoms. The lowest BCUT2D eigenvalue weighted by atomic mass is 10.0. The molecule has 3 amide bonds. The van der Waals surface area contributed by atoms with Gasteiger partial charge in [-0.1, -0.05) is 24.3 Å². The third-order valence-electron chi connectivity index (χ3n) is 4.89. The average Bonchev–Trinajstić information content (AvgIpc) is 2.97. The van der Waals surface area contributed by atoms with E-state index in [-0.39, 0.29) is 30.6 Å². The third kappa shape index (κ3) is 3.23. The van der Waals surface area contributed by atoms with Crippen molar-refractivity contribution in [3.8, 4) is 11.5 Å². The van der Waals surface area contributed by atoms with Crippen LogP contribution in [0.2, 0.25) is 0 Å². The van der Waals surface area contributed by atoms with Crippen molar-refractivity contribution in [3.05, 3.63) is 59.2 Å². The number of amides is 3. The van der Waals surface area contributed by atoms with E-state index < -0.39 is 11.9 Å². The first-order chi connectivity index (χ1) is 13.0. The smallest absolute Gasteiger partial charge is 0.255 e. The van der Waals surface area contributed by atoms with Crippen molar-refractivity contribution in [1.29, 1.82) is 0 Å². The lowest BCUT2D eigenvalue weighted by Gasteiger charge is -2.29. The predicted octanol–water partition coefficient (Wildman–Crippen LogP) is 1.73. The summed E-state index contributed by atoms with van der Waals surface area (Å²) in [5.41, 5.74) is 1.96. The summed E-state index contributed by atoms with van der Waals surface area (Å²) in [4.78, 5) is 37.7. The molecule has 4 rings (SSSR count). The van der Waals surface area contributed by atoms with Crippen LogP contribution in [-0.4, -0.2) is 33.8 Å². The Labute approximate surface area is 155 Å². The molecule has 0 bridgehead atoms. The number of carbonyl (C=O) groups excluding carboxylic acids is 3. The van der Waals surface area contributed by atoms with Gasteiger partial charge in [0, 0.05) is 24.1 Å². The zero-order valence-electron chi connectivity index (χ0n) is 14.5. The Balaban J connectivity index is 1.49. The van der Waals surface area contributed by atoms with Gasteiger partial charge in [-0.2, -0.15) is 0 Å². The number of para-hydroxylation sites is 1. The summed E-state index contributed by atoms with van der Waals surface area (Å²) in [7, 11) is 0. The molecule has 0 saturated carbocycles. The summed E-state index contributed by atoms with van der Waals surface area (Å²) >= 11 is 0. The van der Waals surface area contributed by atoms with Crippen LogP contribution < -0.4 is 10.1 Å². The minimum atomic E-state index is -0.631. The number of nitrogens with one attached hydrogen (secondary N) is 1. The molecule has 0 aromatic heterocycles. The fraction of sp³-hybridized carbons (Fsp3) is 0.250. The Hall–Kier alpha value is -3.35. The molecule has 1 saturated heterocycles. The van der Waals surface area contributed by atoms with Crippen LogP contribution in [-0.2, 0) is 22.7 Å². The van der Waals surface area contributed by atoms with E-state index in [1.807, 2.05) is 6.07 Å². The highest BCUT2D eigenvalue weighted by atomic mass is 16.5. The number of rotatable bonds is 4. The number of phenolic OH excluding ortho intramolecular Hbond substituents is 1. The SMILES string of the molecule is O=C1CCC(N2Cc3ccc(OCc4ccccc4O)cc3C2=O)C(=O)N1. The second-order valence-corrected chi connectivity index (χ2v) is 6.64. The van der Waals surface area contributed by atoms with Gasteiger partial charge in [0.2, 0.25) is 11.8 Å². The molecule has 138 valence electrons. The second kappa shape index (κ2) is 6.75. The summed E-state index contributed by atoms with van der Waals surface area (Å²) in [5.74, 6) is -0.314. The Morgan fingerprint density at radius 2 is 1.96 bits per heavy atom. The van der Waals surface area contributed by atoms with Crippen LogP contribution in [0, 0.1) is 0 Å². The van der Waals surface area contributed by atoms with Gasteiger partial charge >= 0.3 is 0 Å². The van der Waals surface area contributed by atoms with Crippen LogP contribution in [0.15, 0.2) is 42.5 Å². The molecule has 2 aromatic rings. The Kier molecular flexibility index (Phi) is 4.27. The molecule has 27 heavy (non-hydrogen) atoms. The number of ether oxygens (including phenoxy) is 1. The highest BCUT2D eigenvalue weighted by molar-refractivity contribution is 6.05. The number of imide groups is 1. The molecule has 0 spiro atoms. The third-order valence-corrected chi connectivity index (χ3v) is 4.89. The number of aromatic hydroxyl groups is 1. The fourth-order valence-corrected chi connectivity index (χ4v) is 3.42. The number of phenols is 1. The van der Waals surface area contributed by atoms with E-state index in [9.17, 15) is 19.5 Å². The first-order valence-corrected chi connectivity index (χ1v) is 8.70.